The SMILES string of the molecule is CCC1(C(O)C(C)(C)C(C)C)CCCC1. The average molecular weight is 212 g/mol. The third-order valence-electron chi connectivity index (χ3n) is 5.08. The summed E-state index contributed by atoms with van der Waals surface area (Å²) in [5.74, 6) is 0.538. The lowest BCUT2D eigenvalue weighted by Gasteiger charge is -2.45. The van der Waals surface area contributed by atoms with Gasteiger partial charge in [0.15, 0.2) is 0 Å². The second-order valence-electron chi connectivity index (χ2n) is 6.30. The van der Waals surface area contributed by atoms with E-state index in [9.17, 15) is 5.11 Å². The second-order valence-corrected chi connectivity index (χ2v) is 6.30. The molecule has 1 nitrogen and oxygen atoms in total. The van der Waals surface area contributed by atoms with Gasteiger partial charge in [0.25, 0.3) is 0 Å². The van der Waals surface area contributed by atoms with Crippen LogP contribution in [0.1, 0.15) is 66.7 Å². The normalized spacial score (nSPS) is 23.4. The van der Waals surface area contributed by atoms with Crippen molar-refractivity contribution in [3.8, 4) is 0 Å². The summed E-state index contributed by atoms with van der Waals surface area (Å²) < 4.78 is 0. The Labute approximate surface area is 95.3 Å². The Morgan fingerprint density at radius 1 is 1.20 bits per heavy atom. The molecule has 0 saturated heterocycles. The third-order valence-corrected chi connectivity index (χ3v) is 5.08. The molecule has 1 aliphatic rings. The Morgan fingerprint density at radius 2 is 1.67 bits per heavy atom. The standard InChI is InChI=1S/C14H28O/c1-6-14(9-7-8-10-14)12(15)13(4,5)11(2)3/h11-12,15H,6-10H2,1-5H3. The quantitative estimate of drug-likeness (QED) is 0.747. The lowest BCUT2D eigenvalue weighted by atomic mass is 9.63. The summed E-state index contributed by atoms with van der Waals surface area (Å²) in [7, 11) is 0. The first-order valence-electron chi connectivity index (χ1n) is 6.55. The van der Waals surface area contributed by atoms with Crippen LogP contribution in [0.5, 0.6) is 0 Å². The van der Waals surface area contributed by atoms with Crippen molar-refractivity contribution in [2.45, 2.75) is 72.8 Å². The minimum absolute atomic E-state index is 0.0420. The molecule has 1 rings (SSSR count). The topological polar surface area (TPSA) is 20.2 Å². The average Bonchev–Trinajstić information content (AvgIpc) is 2.65. The molecule has 0 aromatic heterocycles. The van der Waals surface area contributed by atoms with Crippen molar-refractivity contribution in [3.63, 3.8) is 0 Å². The van der Waals surface area contributed by atoms with Crippen molar-refractivity contribution in [1.29, 1.82) is 0 Å². The van der Waals surface area contributed by atoms with E-state index in [0.29, 0.717) is 5.92 Å². The van der Waals surface area contributed by atoms with Gasteiger partial charge in [-0.3, -0.25) is 0 Å². The first kappa shape index (κ1) is 13.0. The van der Waals surface area contributed by atoms with Gasteiger partial charge in [-0.15, -0.1) is 0 Å². The van der Waals surface area contributed by atoms with E-state index in [4.69, 9.17) is 0 Å². The summed E-state index contributed by atoms with van der Waals surface area (Å²) in [4.78, 5) is 0. The van der Waals surface area contributed by atoms with Crippen LogP contribution in [-0.2, 0) is 0 Å². The summed E-state index contributed by atoms with van der Waals surface area (Å²) >= 11 is 0. The highest BCUT2D eigenvalue weighted by molar-refractivity contribution is 4.97. The highest BCUT2D eigenvalue weighted by atomic mass is 16.3. The zero-order chi connectivity index (χ0) is 11.7. The van der Waals surface area contributed by atoms with E-state index in [1.54, 1.807) is 0 Å². The Balaban J connectivity index is 2.85. The van der Waals surface area contributed by atoms with Crippen LogP contribution in [-0.4, -0.2) is 11.2 Å². The van der Waals surface area contributed by atoms with E-state index in [1.807, 2.05) is 0 Å². The van der Waals surface area contributed by atoms with Gasteiger partial charge in [-0.25, -0.2) is 0 Å². The monoisotopic (exact) mass is 212 g/mol. The Hall–Kier alpha value is -0.0400. The van der Waals surface area contributed by atoms with Gasteiger partial charge >= 0.3 is 0 Å². The molecule has 1 unspecified atom stereocenters. The van der Waals surface area contributed by atoms with Crippen LogP contribution in [0.3, 0.4) is 0 Å². The van der Waals surface area contributed by atoms with Crippen LogP contribution in [0, 0.1) is 16.7 Å². The summed E-state index contributed by atoms with van der Waals surface area (Å²) in [6.07, 6.45) is 6.04. The van der Waals surface area contributed by atoms with Gasteiger partial charge < -0.3 is 5.11 Å². The maximum Gasteiger partial charge on any atom is 0.0649 e. The molecule has 1 heteroatoms. The number of rotatable bonds is 4. The van der Waals surface area contributed by atoms with Crippen LogP contribution in [0.2, 0.25) is 0 Å². The van der Waals surface area contributed by atoms with Crippen LogP contribution in [0.15, 0.2) is 0 Å². The van der Waals surface area contributed by atoms with Crippen LogP contribution in [0.4, 0.5) is 0 Å². The van der Waals surface area contributed by atoms with Crippen molar-refractivity contribution in [1.82, 2.24) is 0 Å². The molecule has 1 saturated carbocycles. The Bertz CT molecular complexity index is 199. The van der Waals surface area contributed by atoms with Crippen molar-refractivity contribution in [2.75, 3.05) is 0 Å². The van der Waals surface area contributed by atoms with Crippen molar-refractivity contribution in [3.05, 3.63) is 0 Å². The van der Waals surface area contributed by atoms with Crippen LogP contribution < -0.4 is 0 Å². The second kappa shape index (κ2) is 4.45. The molecule has 1 fully saturated rings. The summed E-state index contributed by atoms with van der Waals surface area (Å²) in [6.45, 7) is 11.1. The van der Waals surface area contributed by atoms with Gasteiger partial charge in [-0.2, -0.15) is 0 Å². The minimum atomic E-state index is -0.141. The van der Waals surface area contributed by atoms with Gasteiger partial charge in [0.1, 0.15) is 0 Å². The minimum Gasteiger partial charge on any atom is -0.392 e. The maximum atomic E-state index is 10.7. The molecule has 0 spiro atoms. The molecule has 0 aromatic carbocycles. The van der Waals surface area contributed by atoms with Gasteiger partial charge in [0.2, 0.25) is 0 Å². The molecule has 0 heterocycles. The first-order chi connectivity index (χ1) is 6.87. The Morgan fingerprint density at radius 3 is 2.00 bits per heavy atom. The van der Waals surface area contributed by atoms with Crippen molar-refractivity contribution in [2.24, 2.45) is 16.7 Å². The van der Waals surface area contributed by atoms with Gasteiger partial charge in [0, 0.05) is 0 Å². The summed E-state index contributed by atoms with van der Waals surface area (Å²) in [5.41, 5.74) is 0.258. The van der Waals surface area contributed by atoms with E-state index >= 15 is 0 Å². The summed E-state index contributed by atoms with van der Waals surface area (Å²) in [5, 5.41) is 10.7. The highest BCUT2D eigenvalue weighted by Gasteiger charge is 2.46. The van der Waals surface area contributed by atoms with E-state index in [2.05, 4.69) is 34.6 Å². The fourth-order valence-corrected chi connectivity index (χ4v) is 3.00. The third kappa shape index (κ3) is 2.22. The zero-order valence-corrected chi connectivity index (χ0v) is 11.1. The predicted molar refractivity (Wildman–Crippen MR) is 65.8 cm³/mol. The highest BCUT2D eigenvalue weighted by Crippen LogP contribution is 2.50. The number of hydrogen-bond acceptors (Lipinski definition) is 1. The number of aliphatic hydroxyl groups excluding tert-OH is 1. The largest absolute Gasteiger partial charge is 0.392 e. The van der Waals surface area contributed by atoms with Crippen LogP contribution in [0.25, 0.3) is 0 Å². The number of hydrogen-bond donors (Lipinski definition) is 1. The van der Waals surface area contributed by atoms with E-state index < -0.39 is 0 Å². The molecule has 1 aliphatic carbocycles. The molecule has 0 aliphatic heterocycles. The fraction of sp³-hybridized carbons (Fsp3) is 1.00. The number of aliphatic hydroxyl groups is 1. The van der Waals surface area contributed by atoms with E-state index in [0.717, 1.165) is 6.42 Å². The first-order valence-corrected chi connectivity index (χ1v) is 6.55. The molecule has 0 radical (unpaired) electrons. The molecule has 0 bridgehead atoms. The molecule has 90 valence electrons. The van der Waals surface area contributed by atoms with Crippen LogP contribution >= 0.6 is 0 Å². The van der Waals surface area contributed by atoms with Gasteiger partial charge in [-0.05, 0) is 36.0 Å². The van der Waals surface area contributed by atoms with Crippen molar-refractivity contribution >= 4 is 0 Å². The van der Waals surface area contributed by atoms with E-state index in [-0.39, 0.29) is 16.9 Å². The van der Waals surface area contributed by atoms with Gasteiger partial charge in [-0.1, -0.05) is 47.5 Å². The van der Waals surface area contributed by atoms with Crippen molar-refractivity contribution < 1.29 is 5.11 Å². The molecular formula is C14H28O. The molecule has 1 N–H and O–H groups in total. The van der Waals surface area contributed by atoms with E-state index in [1.165, 1.54) is 25.7 Å². The molecule has 15 heavy (non-hydrogen) atoms. The Kier molecular flexibility index (Phi) is 3.86. The fourth-order valence-electron chi connectivity index (χ4n) is 3.00. The summed E-state index contributed by atoms with van der Waals surface area (Å²) in [6, 6.07) is 0. The predicted octanol–water partition coefficient (Wildman–Crippen LogP) is 4.00. The lowest BCUT2D eigenvalue weighted by Crippen LogP contribution is -2.45. The maximum absolute atomic E-state index is 10.7. The molecule has 0 aromatic rings. The van der Waals surface area contributed by atoms with Gasteiger partial charge in [0.05, 0.1) is 6.10 Å². The molecule has 0 amide bonds. The smallest absolute Gasteiger partial charge is 0.0649 e. The molecule has 1 atom stereocenters. The lowest BCUT2D eigenvalue weighted by molar-refractivity contribution is -0.0779. The zero-order valence-electron chi connectivity index (χ0n) is 11.1. The molecular weight excluding hydrogens is 184 g/mol.